The molecule has 0 aliphatic carbocycles. The normalized spacial score (nSPS) is 10.5. The van der Waals surface area contributed by atoms with Crippen molar-refractivity contribution < 1.29 is 9.18 Å². The smallest absolute Gasteiger partial charge is 0.214 e. The summed E-state index contributed by atoms with van der Waals surface area (Å²) in [4.78, 5) is 20.2. The van der Waals surface area contributed by atoms with Crippen LogP contribution in [0.1, 0.15) is 16.1 Å². The molecular formula is C12H7Cl2FN2OS. The molecule has 0 atom stereocenters. The van der Waals surface area contributed by atoms with Crippen LogP contribution in [0.25, 0.3) is 0 Å². The van der Waals surface area contributed by atoms with Crippen LogP contribution in [0.4, 0.5) is 4.39 Å². The summed E-state index contributed by atoms with van der Waals surface area (Å²) in [6.45, 7) is 0. The van der Waals surface area contributed by atoms with E-state index >= 15 is 0 Å². The second kappa shape index (κ2) is 5.86. The first kappa shape index (κ1) is 14.2. The van der Waals surface area contributed by atoms with Gasteiger partial charge in [0.2, 0.25) is 5.78 Å². The zero-order valence-corrected chi connectivity index (χ0v) is 12.0. The van der Waals surface area contributed by atoms with Gasteiger partial charge in [-0.15, -0.1) is 11.8 Å². The molecule has 0 saturated heterocycles. The Hall–Kier alpha value is -1.17. The van der Waals surface area contributed by atoms with Gasteiger partial charge in [0.15, 0.2) is 10.3 Å². The van der Waals surface area contributed by atoms with Gasteiger partial charge in [-0.05, 0) is 30.5 Å². The van der Waals surface area contributed by atoms with Gasteiger partial charge in [0.05, 0.1) is 0 Å². The highest BCUT2D eigenvalue weighted by Gasteiger charge is 2.19. The van der Waals surface area contributed by atoms with Gasteiger partial charge in [-0.2, -0.15) is 0 Å². The summed E-state index contributed by atoms with van der Waals surface area (Å²) in [5, 5.41) is 0.385. The molecule has 0 saturated carbocycles. The Labute approximate surface area is 123 Å². The van der Waals surface area contributed by atoms with E-state index < -0.39 is 5.82 Å². The fourth-order valence-corrected chi connectivity index (χ4v) is 2.23. The first-order valence-electron chi connectivity index (χ1n) is 5.10. The molecule has 0 N–H and O–H groups in total. The maximum atomic E-state index is 12.8. The molecule has 0 amide bonds. The van der Waals surface area contributed by atoms with E-state index in [-0.39, 0.29) is 21.8 Å². The summed E-state index contributed by atoms with van der Waals surface area (Å²) in [6.07, 6.45) is 1.75. The van der Waals surface area contributed by atoms with Crippen molar-refractivity contribution in [3.8, 4) is 0 Å². The van der Waals surface area contributed by atoms with Crippen molar-refractivity contribution >= 4 is 40.7 Å². The fraction of sp³-hybridized carbons (Fsp3) is 0.0833. The topological polar surface area (TPSA) is 42.9 Å². The van der Waals surface area contributed by atoms with E-state index in [1.165, 1.54) is 36.0 Å². The summed E-state index contributed by atoms with van der Waals surface area (Å²) in [6, 6.07) is 5.17. The number of hydrogen-bond donors (Lipinski definition) is 0. The number of carbonyl (C=O) groups is 1. The van der Waals surface area contributed by atoms with Crippen LogP contribution in [0, 0.1) is 5.82 Å². The molecule has 1 aromatic heterocycles. The highest BCUT2D eigenvalue weighted by Crippen LogP contribution is 2.25. The van der Waals surface area contributed by atoms with Crippen molar-refractivity contribution in [2.45, 2.75) is 5.03 Å². The van der Waals surface area contributed by atoms with Gasteiger partial charge in [0.25, 0.3) is 0 Å². The van der Waals surface area contributed by atoms with E-state index in [2.05, 4.69) is 9.97 Å². The summed E-state index contributed by atoms with van der Waals surface area (Å²) in [5.74, 6) is -0.794. The molecule has 3 nitrogen and oxygen atoms in total. The molecule has 7 heteroatoms. The van der Waals surface area contributed by atoms with E-state index in [1.807, 2.05) is 0 Å². The molecule has 98 valence electrons. The third-order valence-electron chi connectivity index (χ3n) is 2.30. The van der Waals surface area contributed by atoms with Gasteiger partial charge < -0.3 is 0 Å². The first-order chi connectivity index (χ1) is 9.02. The summed E-state index contributed by atoms with van der Waals surface area (Å²) >= 11 is 12.8. The minimum atomic E-state index is -0.415. The molecule has 2 aromatic rings. The minimum Gasteiger partial charge on any atom is -0.287 e. The SMILES string of the molecule is CSc1nc(Cl)c(Cl)nc1C(=O)c1ccc(F)cc1. The number of halogens is 3. The second-order valence-electron chi connectivity index (χ2n) is 3.50. The van der Waals surface area contributed by atoms with Crippen LogP contribution in [0.15, 0.2) is 29.3 Å². The lowest BCUT2D eigenvalue weighted by molar-refractivity contribution is 0.103. The third-order valence-corrected chi connectivity index (χ3v) is 3.59. The summed E-state index contributed by atoms with van der Waals surface area (Å²) in [5.41, 5.74) is 0.415. The molecule has 0 radical (unpaired) electrons. The van der Waals surface area contributed by atoms with Crippen molar-refractivity contribution in [3.05, 3.63) is 51.6 Å². The highest BCUT2D eigenvalue weighted by molar-refractivity contribution is 7.98. The largest absolute Gasteiger partial charge is 0.287 e. The van der Waals surface area contributed by atoms with Crippen LogP contribution in [-0.4, -0.2) is 22.0 Å². The van der Waals surface area contributed by atoms with Crippen molar-refractivity contribution in [1.29, 1.82) is 0 Å². The molecule has 0 fully saturated rings. The van der Waals surface area contributed by atoms with E-state index in [1.54, 1.807) is 6.26 Å². The van der Waals surface area contributed by atoms with E-state index in [4.69, 9.17) is 23.2 Å². The van der Waals surface area contributed by atoms with Crippen LogP contribution in [0.3, 0.4) is 0 Å². The van der Waals surface area contributed by atoms with Crippen LogP contribution < -0.4 is 0 Å². The van der Waals surface area contributed by atoms with E-state index in [9.17, 15) is 9.18 Å². The monoisotopic (exact) mass is 316 g/mol. The predicted molar refractivity (Wildman–Crippen MR) is 73.7 cm³/mol. The fourth-order valence-electron chi connectivity index (χ4n) is 1.41. The highest BCUT2D eigenvalue weighted by atomic mass is 35.5. The van der Waals surface area contributed by atoms with Gasteiger partial charge in [-0.3, -0.25) is 4.79 Å². The number of nitrogens with zero attached hydrogens (tertiary/aromatic N) is 2. The van der Waals surface area contributed by atoms with Crippen molar-refractivity contribution in [3.63, 3.8) is 0 Å². The number of benzene rings is 1. The quantitative estimate of drug-likeness (QED) is 0.636. The van der Waals surface area contributed by atoms with Crippen molar-refractivity contribution in [2.75, 3.05) is 6.26 Å². The maximum absolute atomic E-state index is 12.8. The Bertz CT molecular complexity index is 634. The molecule has 0 aliphatic heterocycles. The molecule has 0 spiro atoms. The van der Waals surface area contributed by atoms with Gasteiger partial charge in [-0.1, -0.05) is 23.2 Å². The number of thioether (sulfide) groups is 1. The molecule has 0 bridgehead atoms. The standard InChI is InChI=1S/C12H7Cl2FN2OS/c1-19-12-8(16-10(13)11(14)17-12)9(18)6-2-4-7(15)5-3-6/h2-5H,1H3. The van der Waals surface area contributed by atoms with E-state index in [0.717, 1.165) is 0 Å². The van der Waals surface area contributed by atoms with Crippen LogP contribution in [-0.2, 0) is 0 Å². The molecule has 0 aliphatic rings. The van der Waals surface area contributed by atoms with Gasteiger partial charge in [-0.25, -0.2) is 14.4 Å². The lowest BCUT2D eigenvalue weighted by Gasteiger charge is -2.06. The minimum absolute atomic E-state index is 0.0371. The second-order valence-corrected chi connectivity index (χ2v) is 5.01. The summed E-state index contributed by atoms with van der Waals surface area (Å²) in [7, 11) is 0. The molecule has 1 heterocycles. The zero-order valence-electron chi connectivity index (χ0n) is 9.65. The van der Waals surface area contributed by atoms with E-state index in [0.29, 0.717) is 10.6 Å². The molecule has 19 heavy (non-hydrogen) atoms. The first-order valence-corrected chi connectivity index (χ1v) is 7.08. The number of hydrogen-bond acceptors (Lipinski definition) is 4. The molecule has 0 unspecified atom stereocenters. The average Bonchev–Trinajstić information content (AvgIpc) is 2.41. The Morgan fingerprint density at radius 2 is 1.74 bits per heavy atom. The molecule has 1 aromatic carbocycles. The third kappa shape index (κ3) is 3.05. The summed E-state index contributed by atoms with van der Waals surface area (Å²) < 4.78 is 12.8. The van der Waals surface area contributed by atoms with Gasteiger partial charge in [0.1, 0.15) is 16.5 Å². The van der Waals surface area contributed by atoms with Crippen molar-refractivity contribution in [1.82, 2.24) is 9.97 Å². The predicted octanol–water partition coefficient (Wildman–Crippen LogP) is 3.88. The van der Waals surface area contributed by atoms with Gasteiger partial charge >= 0.3 is 0 Å². The Morgan fingerprint density at radius 3 is 2.32 bits per heavy atom. The molecule has 2 rings (SSSR count). The number of rotatable bonds is 3. The number of carbonyl (C=O) groups excluding carboxylic acids is 1. The Kier molecular flexibility index (Phi) is 4.39. The average molecular weight is 317 g/mol. The van der Waals surface area contributed by atoms with Gasteiger partial charge in [0, 0.05) is 5.56 Å². The van der Waals surface area contributed by atoms with Crippen molar-refractivity contribution in [2.24, 2.45) is 0 Å². The number of aromatic nitrogens is 2. The lowest BCUT2D eigenvalue weighted by Crippen LogP contribution is -2.08. The zero-order chi connectivity index (χ0) is 14.0. The van der Waals surface area contributed by atoms with Crippen LogP contribution >= 0.6 is 35.0 Å². The molecular weight excluding hydrogens is 310 g/mol. The number of ketones is 1. The lowest BCUT2D eigenvalue weighted by atomic mass is 10.1. The van der Waals surface area contributed by atoms with Crippen LogP contribution in [0.5, 0.6) is 0 Å². The maximum Gasteiger partial charge on any atom is 0.214 e. The Morgan fingerprint density at radius 1 is 1.16 bits per heavy atom. The van der Waals surface area contributed by atoms with Crippen LogP contribution in [0.2, 0.25) is 10.3 Å². The Balaban J connectivity index is 2.49.